The molecule has 0 aliphatic heterocycles. The lowest BCUT2D eigenvalue weighted by atomic mass is 10.2. The van der Waals surface area contributed by atoms with E-state index in [2.05, 4.69) is 4.18 Å². The Morgan fingerprint density at radius 3 is 2.29 bits per heavy atom. The van der Waals surface area contributed by atoms with Crippen LogP contribution in [-0.4, -0.2) is 45.7 Å². The van der Waals surface area contributed by atoms with E-state index < -0.39 is 54.4 Å². The molecule has 1 aromatic carbocycles. The molecule has 0 heterocycles. The van der Waals surface area contributed by atoms with Crippen molar-refractivity contribution in [3.05, 3.63) is 23.8 Å². The van der Waals surface area contributed by atoms with Gasteiger partial charge in [0.1, 0.15) is 5.56 Å². The molecule has 0 aromatic heterocycles. The Labute approximate surface area is 134 Å². The molecule has 0 saturated heterocycles. The van der Waals surface area contributed by atoms with Gasteiger partial charge in [0.15, 0.2) is 5.75 Å². The summed E-state index contributed by atoms with van der Waals surface area (Å²) in [5.74, 6) is -3.50. The minimum absolute atomic E-state index is 0.256. The highest BCUT2D eigenvalue weighted by molar-refractivity contribution is 7.92. The molecule has 0 radical (unpaired) electrons. The molecule has 0 aliphatic rings. The van der Waals surface area contributed by atoms with E-state index in [-0.39, 0.29) is 6.54 Å². The number of nitrogens with one attached hydrogen (secondary N) is 1. The van der Waals surface area contributed by atoms with Gasteiger partial charge in [0.25, 0.3) is 0 Å². The van der Waals surface area contributed by atoms with Crippen LogP contribution in [0, 0.1) is 0 Å². The van der Waals surface area contributed by atoms with Gasteiger partial charge >= 0.3 is 21.6 Å². The lowest BCUT2D eigenvalue weighted by Gasteiger charge is -2.13. The van der Waals surface area contributed by atoms with Gasteiger partial charge < -0.3 is 15.0 Å². The molecule has 0 aliphatic carbocycles. The predicted octanol–water partition coefficient (Wildman–Crippen LogP) is 0.314. The van der Waals surface area contributed by atoms with Crippen LogP contribution in [0.2, 0.25) is 0 Å². The maximum atomic E-state index is 12.3. The number of alkyl halides is 3. The van der Waals surface area contributed by atoms with Crippen LogP contribution in [-0.2, 0) is 20.1 Å². The first-order valence-electron chi connectivity index (χ1n) is 5.88. The zero-order valence-corrected chi connectivity index (χ0v) is 13.2. The fourth-order valence-corrected chi connectivity index (χ4v) is 2.75. The van der Waals surface area contributed by atoms with Crippen molar-refractivity contribution < 1.29 is 44.1 Å². The van der Waals surface area contributed by atoms with Crippen molar-refractivity contribution in [2.45, 2.75) is 5.51 Å². The van der Waals surface area contributed by atoms with Crippen molar-refractivity contribution in [1.82, 2.24) is 0 Å². The Hall–Kier alpha value is -2.06. The molecule has 24 heavy (non-hydrogen) atoms. The van der Waals surface area contributed by atoms with E-state index in [0.29, 0.717) is 12.1 Å². The number of hydrogen-bond acceptors (Lipinski definition) is 7. The van der Waals surface area contributed by atoms with Gasteiger partial charge in [-0.25, -0.2) is 13.2 Å². The number of aromatic carboxylic acids is 1. The third-order valence-corrected chi connectivity index (χ3v) is 4.64. The average Bonchev–Trinajstić information content (AvgIpc) is 2.35. The second kappa shape index (κ2) is 6.82. The summed E-state index contributed by atoms with van der Waals surface area (Å²) in [7, 11) is -10.1. The van der Waals surface area contributed by atoms with E-state index in [4.69, 9.17) is 10.8 Å². The molecule has 0 spiro atoms. The van der Waals surface area contributed by atoms with E-state index in [0.717, 1.165) is 6.07 Å². The van der Waals surface area contributed by atoms with Crippen LogP contribution < -0.4 is 14.6 Å². The van der Waals surface area contributed by atoms with Gasteiger partial charge in [-0.1, -0.05) is 0 Å². The molecular weight excluding hydrogens is 381 g/mol. The second-order valence-corrected chi connectivity index (χ2v) is 7.59. The molecule has 1 aromatic rings. The van der Waals surface area contributed by atoms with Gasteiger partial charge in [-0.05, 0) is 12.1 Å². The normalized spacial score (nSPS) is 12.7. The molecule has 0 bridgehead atoms. The van der Waals surface area contributed by atoms with Gasteiger partial charge in [0, 0.05) is 12.6 Å². The molecule has 1 rings (SSSR count). The summed E-state index contributed by atoms with van der Waals surface area (Å²) < 4.78 is 87.7. The Morgan fingerprint density at radius 1 is 1.25 bits per heavy atom. The maximum Gasteiger partial charge on any atom is 0.534 e. The van der Waals surface area contributed by atoms with E-state index in [9.17, 15) is 34.8 Å². The Kier molecular flexibility index (Phi) is 5.68. The van der Waals surface area contributed by atoms with Crippen LogP contribution in [0.25, 0.3) is 0 Å². The number of halogens is 3. The number of sulfonamides is 1. The largest absolute Gasteiger partial charge is 0.534 e. The highest BCUT2D eigenvalue weighted by Crippen LogP contribution is 2.31. The lowest BCUT2D eigenvalue weighted by Crippen LogP contribution is -2.28. The van der Waals surface area contributed by atoms with E-state index in [1.807, 2.05) is 4.72 Å². The van der Waals surface area contributed by atoms with E-state index in [1.54, 1.807) is 0 Å². The molecule has 136 valence electrons. The molecule has 0 saturated carbocycles. The number of nitrogens with two attached hydrogens (primary N) is 1. The first-order valence-corrected chi connectivity index (χ1v) is 8.94. The van der Waals surface area contributed by atoms with Crippen LogP contribution in [0.4, 0.5) is 18.9 Å². The van der Waals surface area contributed by atoms with Crippen molar-refractivity contribution in [2.24, 2.45) is 5.73 Å². The number of rotatable bonds is 7. The summed E-state index contributed by atoms with van der Waals surface area (Å²) in [6, 6.07) is 2.09. The van der Waals surface area contributed by atoms with Crippen LogP contribution in [0.3, 0.4) is 0 Å². The van der Waals surface area contributed by atoms with Gasteiger partial charge in [-0.15, -0.1) is 0 Å². The minimum atomic E-state index is -6.14. The average molecular weight is 392 g/mol. The summed E-state index contributed by atoms with van der Waals surface area (Å²) in [5.41, 5.74) is -2.04. The highest BCUT2D eigenvalue weighted by Gasteiger charge is 2.49. The van der Waals surface area contributed by atoms with Crippen molar-refractivity contribution >= 4 is 31.8 Å². The first kappa shape index (κ1) is 20.0. The first-order chi connectivity index (χ1) is 10.8. The molecule has 4 N–H and O–H groups in total. The third-order valence-electron chi connectivity index (χ3n) is 2.35. The maximum absolute atomic E-state index is 12.3. The minimum Gasteiger partial charge on any atom is -0.478 e. The number of carbonyl (C=O) groups is 1. The van der Waals surface area contributed by atoms with Crippen molar-refractivity contribution in [3.8, 4) is 5.75 Å². The third kappa shape index (κ3) is 4.97. The number of carboxylic acid groups (broad SMARTS) is 1. The summed E-state index contributed by atoms with van der Waals surface area (Å²) in [4.78, 5) is 10.9. The Balaban J connectivity index is 3.31. The van der Waals surface area contributed by atoms with Crippen molar-refractivity contribution in [2.75, 3.05) is 17.0 Å². The van der Waals surface area contributed by atoms with Gasteiger partial charge in [-0.2, -0.15) is 21.6 Å². The van der Waals surface area contributed by atoms with Crippen LogP contribution in [0.15, 0.2) is 18.2 Å². The Bertz CT molecular complexity index is 834. The van der Waals surface area contributed by atoms with Crippen molar-refractivity contribution in [1.29, 1.82) is 0 Å². The topological polar surface area (TPSA) is 153 Å². The molecule has 0 atom stereocenters. The summed E-state index contributed by atoms with van der Waals surface area (Å²) in [6.45, 7) is -0.256. The van der Waals surface area contributed by atoms with Gasteiger partial charge in [0.2, 0.25) is 10.0 Å². The van der Waals surface area contributed by atoms with Crippen LogP contribution in [0.1, 0.15) is 10.4 Å². The predicted molar refractivity (Wildman–Crippen MR) is 75.5 cm³/mol. The second-order valence-electron chi connectivity index (χ2n) is 4.21. The summed E-state index contributed by atoms with van der Waals surface area (Å²) in [5, 5.41) is 8.86. The Morgan fingerprint density at radius 2 is 1.83 bits per heavy atom. The summed E-state index contributed by atoms with van der Waals surface area (Å²) >= 11 is 0. The van der Waals surface area contributed by atoms with E-state index >= 15 is 0 Å². The number of anilines is 1. The molecular formula is C10H11F3N2O7S2. The quantitative estimate of drug-likeness (QED) is 0.443. The van der Waals surface area contributed by atoms with Crippen LogP contribution in [0.5, 0.6) is 5.75 Å². The van der Waals surface area contributed by atoms with Crippen molar-refractivity contribution in [3.63, 3.8) is 0 Å². The molecule has 0 unspecified atom stereocenters. The zero-order valence-electron chi connectivity index (χ0n) is 11.6. The molecule has 9 nitrogen and oxygen atoms in total. The number of carboxylic acids is 1. The smallest absolute Gasteiger partial charge is 0.478 e. The zero-order chi connectivity index (χ0) is 18.8. The van der Waals surface area contributed by atoms with Gasteiger partial charge in [-0.3, -0.25) is 4.72 Å². The fourth-order valence-electron chi connectivity index (χ4n) is 1.38. The monoisotopic (exact) mass is 392 g/mol. The van der Waals surface area contributed by atoms with E-state index in [1.165, 1.54) is 0 Å². The standard InChI is InChI=1S/C10H11F3N2O7S2/c11-10(12,13)24(20,21)22-8-5-6(1-2-7(8)9(16)17)15-23(18,19)4-3-14/h1-2,5,15H,3-4,14H2,(H,16,17). The SMILES string of the molecule is NCCS(=O)(=O)Nc1ccc(C(=O)O)c(OS(=O)(=O)C(F)(F)F)c1. The fraction of sp³-hybridized carbons (Fsp3) is 0.300. The molecule has 0 amide bonds. The van der Waals surface area contributed by atoms with Gasteiger partial charge in [0.05, 0.1) is 11.4 Å². The highest BCUT2D eigenvalue weighted by atomic mass is 32.2. The molecule has 0 fully saturated rings. The number of benzene rings is 1. The number of hydrogen-bond donors (Lipinski definition) is 3. The molecule has 14 heteroatoms. The lowest BCUT2D eigenvalue weighted by molar-refractivity contribution is -0.0500. The summed E-state index contributed by atoms with van der Waals surface area (Å²) in [6.07, 6.45) is 0. The van der Waals surface area contributed by atoms with Crippen LogP contribution >= 0.6 is 0 Å².